The first-order valence-electron chi connectivity index (χ1n) is 6.47. The second-order valence-corrected chi connectivity index (χ2v) is 5.67. The van der Waals surface area contributed by atoms with Crippen LogP contribution in [0.3, 0.4) is 0 Å². The summed E-state index contributed by atoms with van der Waals surface area (Å²) in [4.78, 5) is 24.9. The Morgan fingerprint density at radius 3 is 2.14 bits per heavy atom. The van der Waals surface area contributed by atoms with Crippen LogP contribution in [0.25, 0.3) is 0 Å². The van der Waals surface area contributed by atoms with Gasteiger partial charge in [0.15, 0.2) is 0 Å². The molecule has 4 nitrogen and oxygen atoms in total. The predicted molar refractivity (Wildman–Crippen MR) is 87.2 cm³/mol. The summed E-state index contributed by atoms with van der Waals surface area (Å²) in [7, 11) is 1.69. The molecule has 2 amide bonds. The first-order chi connectivity index (χ1) is 10.4. The molecule has 0 atom stereocenters. The van der Waals surface area contributed by atoms with Crippen LogP contribution in [-0.2, 0) is 6.54 Å². The molecule has 0 aliphatic carbocycles. The minimum absolute atomic E-state index is 0.165. The molecule has 114 valence electrons. The zero-order valence-corrected chi connectivity index (χ0v) is 13.4. The molecule has 0 spiro atoms. The van der Waals surface area contributed by atoms with Gasteiger partial charge in [-0.05, 0) is 42.0 Å². The maximum Gasteiger partial charge on any atom is 0.253 e. The number of benzene rings is 2. The molecule has 0 saturated carbocycles. The molecule has 22 heavy (non-hydrogen) atoms. The van der Waals surface area contributed by atoms with E-state index in [-0.39, 0.29) is 5.91 Å². The highest BCUT2D eigenvalue weighted by Crippen LogP contribution is 2.23. The maximum atomic E-state index is 12.3. The molecule has 0 aliphatic heterocycles. The number of hydrogen-bond acceptors (Lipinski definition) is 2. The van der Waals surface area contributed by atoms with Crippen molar-refractivity contribution in [1.29, 1.82) is 0 Å². The topological polar surface area (TPSA) is 63.4 Å². The summed E-state index contributed by atoms with van der Waals surface area (Å²) < 4.78 is 0. The molecular formula is C16H14Cl2N2O2. The number of primary amides is 1. The summed E-state index contributed by atoms with van der Waals surface area (Å²) in [5, 5.41) is 0.923. The Hall–Kier alpha value is -2.04. The first-order valence-corrected chi connectivity index (χ1v) is 7.23. The van der Waals surface area contributed by atoms with Crippen molar-refractivity contribution in [2.24, 2.45) is 5.73 Å². The molecule has 0 saturated heterocycles. The smallest absolute Gasteiger partial charge is 0.253 e. The van der Waals surface area contributed by atoms with Gasteiger partial charge in [0, 0.05) is 24.7 Å². The molecule has 0 bridgehead atoms. The van der Waals surface area contributed by atoms with Gasteiger partial charge in [-0.3, -0.25) is 9.59 Å². The van der Waals surface area contributed by atoms with E-state index in [4.69, 9.17) is 28.9 Å². The third-order valence-corrected chi connectivity index (χ3v) is 3.91. The van der Waals surface area contributed by atoms with Gasteiger partial charge in [-0.1, -0.05) is 29.3 Å². The highest BCUT2D eigenvalue weighted by molar-refractivity contribution is 6.42. The van der Waals surface area contributed by atoms with Crippen LogP contribution in [0.4, 0.5) is 0 Å². The Morgan fingerprint density at radius 2 is 1.59 bits per heavy atom. The Labute approximate surface area is 138 Å². The van der Waals surface area contributed by atoms with Crippen LogP contribution in [0, 0.1) is 0 Å². The minimum atomic E-state index is -0.525. The standard InChI is InChI=1S/C16H14Cl2N2O2/c1-20(9-10-2-7-13(17)14(18)8-10)16(22)12-5-3-11(4-6-12)15(19)21/h2-8H,9H2,1H3,(H2,19,21). The molecule has 2 N–H and O–H groups in total. The summed E-state index contributed by atoms with van der Waals surface area (Å²) >= 11 is 11.8. The van der Waals surface area contributed by atoms with E-state index in [0.29, 0.717) is 27.7 Å². The highest BCUT2D eigenvalue weighted by Gasteiger charge is 2.13. The van der Waals surface area contributed by atoms with Gasteiger partial charge in [0.1, 0.15) is 0 Å². The second-order valence-electron chi connectivity index (χ2n) is 4.85. The fraction of sp³-hybridized carbons (Fsp3) is 0.125. The van der Waals surface area contributed by atoms with E-state index in [1.165, 1.54) is 12.1 Å². The summed E-state index contributed by atoms with van der Waals surface area (Å²) in [5.74, 6) is -0.690. The lowest BCUT2D eigenvalue weighted by Crippen LogP contribution is -2.26. The highest BCUT2D eigenvalue weighted by atomic mass is 35.5. The normalized spacial score (nSPS) is 10.3. The van der Waals surface area contributed by atoms with Crippen LogP contribution in [0.1, 0.15) is 26.3 Å². The van der Waals surface area contributed by atoms with Crippen molar-refractivity contribution in [2.75, 3.05) is 7.05 Å². The number of carbonyl (C=O) groups excluding carboxylic acids is 2. The van der Waals surface area contributed by atoms with Crippen LogP contribution in [0.15, 0.2) is 42.5 Å². The van der Waals surface area contributed by atoms with Gasteiger partial charge in [-0.15, -0.1) is 0 Å². The molecular weight excluding hydrogens is 323 g/mol. The summed E-state index contributed by atoms with van der Waals surface area (Å²) in [6.45, 7) is 0.396. The van der Waals surface area contributed by atoms with E-state index in [9.17, 15) is 9.59 Å². The second kappa shape index (κ2) is 6.81. The van der Waals surface area contributed by atoms with Gasteiger partial charge in [0.2, 0.25) is 5.91 Å². The number of amides is 2. The van der Waals surface area contributed by atoms with Gasteiger partial charge in [0.25, 0.3) is 5.91 Å². The number of halogens is 2. The average Bonchev–Trinajstić information content (AvgIpc) is 2.50. The van der Waals surface area contributed by atoms with Crippen molar-refractivity contribution in [3.8, 4) is 0 Å². The van der Waals surface area contributed by atoms with E-state index in [0.717, 1.165) is 5.56 Å². The third-order valence-electron chi connectivity index (χ3n) is 3.17. The fourth-order valence-electron chi connectivity index (χ4n) is 1.98. The van der Waals surface area contributed by atoms with Gasteiger partial charge >= 0.3 is 0 Å². The van der Waals surface area contributed by atoms with Crippen molar-refractivity contribution in [3.63, 3.8) is 0 Å². The van der Waals surface area contributed by atoms with Crippen LogP contribution in [0.5, 0.6) is 0 Å². The zero-order chi connectivity index (χ0) is 16.3. The molecule has 0 heterocycles. The van der Waals surface area contributed by atoms with Crippen LogP contribution in [-0.4, -0.2) is 23.8 Å². The van der Waals surface area contributed by atoms with Gasteiger partial charge in [-0.2, -0.15) is 0 Å². The number of nitrogens with two attached hydrogens (primary N) is 1. The summed E-state index contributed by atoms with van der Waals surface area (Å²) in [6.07, 6.45) is 0. The van der Waals surface area contributed by atoms with Crippen LogP contribution in [0.2, 0.25) is 10.0 Å². The monoisotopic (exact) mass is 336 g/mol. The lowest BCUT2D eigenvalue weighted by Gasteiger charge is -2.17. The Bertz CT molecular complexity index is 715. The van der Waals surface area contributed by atoms with E-state index in [1.807, 2.05) is 6.07 Å². The summed E-state index contributed by atoms with van der Waals surface area (Å²) in [5.41, 5.74) is 6.89. The van der Waals surface area contributed by atoms with Crippen LogP contribution >= 0.6 is 23.2 Å². The largest absolute Gasteiger partial charge is 0.366 e. The number of nitrogens with zero attached hydrogens (tertiary/aromatic N) is 1. The maximum absolute atomic E-state index is 12.3. The van der Waals surface area contributed by atoms with Gasteiger partial charge in [0.05, 0.1) is 10.0 Å². The van der Waals surface area contributed by atoms with Crippen molar-refractivity contribution in [3.05, 3.63) is 69.2 Å². The van der Waals surface area contributed by atoms with E-state index >= 15 is 0 Å². The molecule has 0 aromatic heterocycles. The third kappa shape index (κ3) is 3.78. The SMILES string of the molecule is CN(Cc1ccc(Cl)c(Cl)c1)C(=O)c1ccc(C(N)=O)cc1. The Balaban J connectivity index is 2.11. The van der Waals surface area contributed by atoms with Crippen molar-refractivity contribution >= 4 is 35.0 Å². The van der Waals surface area contributed by atoms with Gasteiger partial charge < -0.3 is 10.6 Å². The fourth-order valence-corrected chi connectivity index (χ4v) is 2.30. The molecule has 2 aromatic carbocycles. The minimum Gasteiger partial charge on any atom is -0.366 e. The van der Waals surface area contributed by atoms with Crippen LogP contribution < -0.4 is 5.73 Å². The molecule has 2 rings (SSSR count). The van der Waals surface area contributed by atoms with Crippen molar-refractivity contribution < 1.29 is 9.59 Å². The number of hydrogen-bond donors (Lipinski definition) is 1. The number of rotatable bonds is 4. The number of carbonyl (C=O) groups is 2. The lowest BCUT2D eigenvalue weighted by molar-refractivity contribution is 0.0784. The average molecular weight is 337 g/mol. The Kier molecular flexibility index (Phi) is 5.06. The molecule has 0 unspecified atom stereocenters. The predicted octanol–water partition coefficient (Wildman–Crippen LogP) is 3.36. The first kappa shape index (κ1) is 16.3. The lowest BCUT2D eigenvalue weighted by atomic mass is 10.1. The quantitative estimate of drug-likeness (QED) is 0.930. The molecule has 2 aromatic rings. The van der Waals surface area contributed by atoms with E-state index in [1.54, 1.807) is 36.2 Å². The zero-order valence-electron chi connectivity index (χ0n) is 11.8. The molecule has 0 aliphatic rings. The van der Waals surface area contributed by atoms with Gasteiger partial charge in [-0.25, -0.2) is 0 Å². The van der Waals surface area contributed by atoms with E-state index in [2.05, 4.69) is 0 Å². The molecule has 0 radical (unpaired) electrons. The Morgan fingerprint density at radius 1 is 1.00 bits per heavy atom. The van der Waals surface area contributed by atoms with Crippen molar-refractivity contribution in [2.45, 2.75) is 6.54 Å². The van der Waals surface area contributed by atoms with Crippen molar-refractivity contribution in [1.82, 2.24) is 4.90 Å². The molecule has 0 fully saturated rings. The van der Waals surface area contributed by atoms with E-state index < -0.39 is 5.91 Å². The summed E-state index contributed by atoms with van der Waals surface area (Å²) in [6, 6.07) is 11.4. The molecule has 6 heteroatoms.